The van der Waals surface area contributed by atoms with Gasteiger partial charge >= 0.3 is 0 Å². The SMILES string of the molecule is CNc1cc2cc(Br)c(Cl)cc2cn1.O=CC1CC12CCOCC2. The maximum Gasteiger partial charge on any atom is 0.126 e. The lowest BCUT2D eigenvalue weighted by atomic mass is 9.94. The van der Waals surface area contributed by atoms with E-state index in [1.165, 1.54) is 0 Å². The van der Waals surface area contributed by atoms with Crippen LogP contribution in [0.15, 0.2) is 28.9 Å². The molecule has 2 heterocycles. The zero-order valence-corrected chi connectivity index (χ0v) is 15.9. The molecular weight excluding hydrogens is 392 g/mol. The van der Waals surface area contributed by atoms with Gasteiger partial charge in [-0.3, -0.25) is 0 Å². The number of aromatic nitrogens is 1. The van der Waals surface area contributed by atoms with Crippen molar-refractivity contribution >= 4 is 50.4 Å². The van der Waals surface area contributed by atoms with E-state index >= 15 is 0 Å². The average molecular weight is 412 g/mol. The molecule has 1 saturated carbocycles. The predicted molar refractivity (Wildman–Crippen MR) is 101 cm³/mol. The Hall–Kier alpha value is -1.17. The highest BCUT2D eigenvalue weighted by Gasteiger charge is 2.53. The third-order valence-corrected chi connectivity index (χ3v) is 6.12. The van der Waals surface area contributed by atoms with E-state index in [9.17, 15) is 4.79 Å². The number of pyridine rings is 1. The van der Waals surface area contributed by atoms with Gasteiger partial charge in [0.15, 0.2) is 0 Å². The summed E-state index contributed by atoms with van der Waals surface area (Å²) in [6, 6.07) is 5.87. The lowest BCUT2D eigenvalue weighted by Gasteiger charge is -2.21. The van der Waals surface area contributed by atoms with Gasteiger partial charge in [-0.15, -0.1) is 0 Å². The first-order valence-corrected chi connectivity index (χ1v) is 9.21. The minimum Gasteiger partial charge on any atom is -0.381 e. The van der Waals surface area contributed by atoms with Gasteiger partial charge in [0.05, 0.1) is 5.02 Å². The summed E-state index contributed by atoms with van der Waals surface area (Å²) in [4.78, 5) is 14.6. The first-order valence-electron chi connectivity index (χ1n) is 8.03. The number of hydrogen-bond acceptors (Lipinski definition) is 4. The predicted octanol–water partition coefficient (Wildman–Crippen LogP) is 4.69. The van der Waals surface area contributed by atoms with Crippen molar-refractivity contribution in [3.63, 3.8) is 0 Å². The lowest BCUT2D eigenvalue weighted by Crippen LogP contribution is -2.18. The maximum absolute atomic E-state index is 10.4. The van der Waals surface area contributed by atoms with Crippen LogP contribution in [0.5, 0.6) is 0 Å². The third kappa shape index (κ3) is 3.73. The Bertz CT molecular complexity index is 747. The molecule has 0 bridgehead atoms. The van der Waals surface area contributed by atoms with Gasteiger partial charge < -0.3 is 14.8 Å². The highest BCUT2D eigenvalue weighted by atomic mass is 79.9. The molecule has 1 spiro atoms. The standard InChI is InChI=1S/C10H8BrClN2.C8H12O2/c1-13-10-4-6-2-8(11)9(12)3-7(6)5-14-10;9-6-7-5-8(7)1-3-10-4-2-8/h2-5H,1H3,(H,13,14);6-7H,1-5H2. The summed E-state index contributed by atoms with van der Waals surface area (Å²) in [6.45, 7) is 1.73. The molecule has 128 valence electrons. The van der Waals surface area contributed by atoms with Gasteiger partial charge in [-0.2, -0.15) is 0 Å². The fourth-order valence-corrected chi connectivity index (χ4v) is 3.73. The third-order valence-electron chi connectivity index (χ3n) is 4.92. The largest absolute Gasteiger partial charge is 0.381 e. The number of fused-ring (bicyclic) bond motifs is 1. The van der Waals surface area contributed by atoms with Crippen molar-refractivity contribution in [2.75, 3.05) is 25.6 Å². The second-order valence-electron chi connectivity index (χ2n) is 6.35. The number of rotatable bonds is 2. The second kappa shape index (κ2) is 7.38. The lowest BCUT2D eigenvalue weighted by molar-refractivity contribution is -0.110. The summed E-state index contributed by atoms with van der Waals surface area (Å²) in [5, 5.41) is 5.85. The summed E-state index contributed by atoms with van der Waals surface area (Å²) in [7, 11) is 1.85. The minimum atomic E-state index is 0.372. The van der Waals surface area contributed by atoms with Crippen LogP contribution >= 0.6 is 27.5 Å². The van der Waals surface area contributed by atoms with Crippen LogP contribution in [0.25, 0.3) is 10.8 Å². The number of anilines is 1. The molecule has 2 aliphatic rings. The fourth-order valence-electron chi connectivity index (χ4n) is 3.20. The number of benzene rings is 1. The number of carbonyl (C=O) groups is 1. The van der Waals surface area contributed by atoms with Crippen molar-refractivity contribution in [3.05, 3.63) is 33.9 Å². The Morgan fingerprint density at radius 1 is 1.33 bits per heavy atom. The van der Waals surface area contributed by atoms with E-state index in [1.54, 1.807) is 6.20 Å². The van der Waals surface area contributed by atoms with E-state index in [0.29, 0.717) is 16.4 Å². The summed E-state index contributed by atoms with van der Waals surface area (Å²) in [6.07, 6.45) is 6.26. The summed E-state index contributed by atoms with van der Waals surface area (Å²) in [5.41, 5.74) is 0.403. The highest BCUT2D eigenvalue weighted by Crippen LogP contribution is 2.57. The second-order valence-corrected chi connectivity index (χ2v) is 7.62. The van der Waals surface area contributed by atoms with Crippen molar-refractivity contribution in [2.45, 2.75) is 19.3 Å². The Kier molecular flexibility index (Phi) is 5.42. The Balaban J connectivity index is 0.000000149. The van der Waals surface area contributed by atoms with Crippen molar-refractivity contribution in [2.24, 2.45) is 11.3 Å². The summed E-state index contributed by atoms with van der Waals surface area (Å²) < 4.78 is 6.12. The molecule has 4 nitrogen and oxygen atoms in total. The first-order chi connectivity index (χ1) is 11.6. The number of nitrogens with zero attached hydrogens (tertiary/aromatic N) is 1. The van der Waals surface area contributed by atoms with Crippen LogP contribution in [0.4, 0.5) is 5.82 Å². The minimum absolute atomic E-state index is 0.372. The fraction of sp³-hybridized carbons (Fsp3) is 0.444. The van der Waals surface area contributed by atoms with E-state index in [4.69, 9.17) is 16.3 Å². The number of halogens is 2. The van der Waals surface area contributed by atoms with Gasteiger partial charge in [0.25, 0.3) is 0 Å². The van der Waals surface area contributed by atoms with Gasteiger partial charge in [0.2, 0.25) is 0 Å². The number of carbonyl (C=O) groups excluding carboxylic acids is 1. The van der Waals surface area contributed by atoms with Gasteiger partial charge in [-0.1, -0.05) is 11.6 Å². The van der Waals surface area contributed by atoms with Gasteiger partial charge in [0.1, 0.15) is 12.1 Å². The molecule has 1 unspecified atom stereocenters. The van der Waals surface area contributed by atoms with Crippen LogP contribution in [0, 0.1) is 11.3 Å². The van der Waals surface area contributed by atoms with Gasteiger partial charge in [0, 0.05) is 42.2 Å². The van der Waals surface area contributed by atoms with E-state index < -0.39 is 0 Å². The zero-order chi connectivity index (χ0) is 17.2. The van der Waals surface area contributed by atoms with Crippen LogP contribution in [0.2, 0.25) is 5.02 Å². The van der Waals surface area contributed by atoms with Crippen molar-refractivity contribution < 1.29 is 9.53 Å². The monoisotopic (exact) mass is 410 g/mol. The molecule has 1 aromatic heterocycles. The van der Waals surface area contributed by atoms with Gasteiger partial charge in [-0.25, -0.2) is 4.98 Å². The molecule has 1 saturated heterocycles. The number of hydrogen-bond donors (Lipinski definition) is 1. The summed E-state index contributed by atoms with van der Waals surface area (Å²) >= 11 is 9.36. The smallest absolute Gasteiger partial charge is 0.126 e. The Morgan fingerprint density at radius 3 is 2.71 bits per heavy atom. The maximum atomic E-state index is 10.4. The topological polar surface area (TPSA) is 51.2 Å². The molecule has 2 fully saturated rings. The molecule has 2 aromatic rings. The molecule has 1 N–H and O–H groups in total. The number of ether oxygens (including phenoxy) is 1. The molecule has 1 atom stereocenters. The highest BCUT2D eigenvalue weighted by molar-refractivity contribution is 9.10. The molecule has 1 aliphatic heterocycles. The van der Waals surface area contributed by atoms with Crippen LogP contribution in [0.1, 0.15) is 19.3 Å². The van der Waals surface area contributed by atoms with E-state index in [0.717, 1.165) is 59.8 Å². The van der Waals surface area contributed by atoms with Crippen LogP contribution in [0.3, 0.4) is 0 Å². The molecule has 0 radical (unpaired) electrons. The van der Waals surface area contributed by atoms with Crippen LogP contribution < -0.4 is 5.32 Å². The summed E-state index contributed by atoms with van der Waals surface area (Å²) in [5.74, 6) is 1.23. The molecule has 6 heteroatoms. The zero-order valence-electron chi connectivity index (χ0n) is 13.5. The van der Waals surface area contributed by atoms with Crippen LogP contribution in [-0.2, 0) is 9.53 Å². The normalized spacial score (nSPS) is 21.0. The van der Waals surface area contributed by atoms with Crippen LogP contribution in [-0.4, -0.2) is 31.5 Å². The Morgan fingerprint density at radius 2 is 2.08 bits per heavy atom. The van der Waals surface area contributed by atoms with Gasteiger partial charge in [-0.05, 0) is 64.2 Å². The molecule has 0 amide bonds. The number of nitrogens with one attached hydrogen (secondary N) is 1. The molecular formula is C18H20BrClN2O2. The van der Waals surface area contributed by atoms with Crippen molar-refractivity contribution in [3.8, 4) is 0 Å². The molecule has 24 heavy (non-hydrogen) atoms. The number of aldehydes is 1. The van der Waals surface area contributed by atoms with E-state index in [2.05, 4.69) is 26.2 Å². The van der Waals surface area contributed by atoms with E-state index in [-0.39, 0.29) is 0 Å². The van der Waals surface area contributed by atoms with E-state index in [1.807, 2.05) is 25.2 Å². The van der Waals surface area contributed by atoms with Crippen molar-refractivity contribution in [1.29, 1.82) is 0 Å². The quantitative estimate of drug-likeness (QED) is 0.728. The first kappa shape index (κ1) is 17.6. The average Bonchev–Trinajstić information content (AvgIpc) is 3.28. The van der Waals surface area contributed by atoms with Crippen molar-refractivity contribution in [1.82, 2.24) is 4.98 Å². The Labute approximate surface area is 155 Å². The molecule has 1 aromatic carbocycles. The molecule has 1 aliphatic carbocycles. The molecule has 4 rings (SSSR count).